The number of hydrogen-bond donors (Lipinski definition) is 2. The third-order valence-corrected chi connectivity index (χ3v) is 1.73. The van der Waals surface area contributed by atoms with Gasteiger partial charge in [0, 0.05) is 0 Å². The summed E-state index contributed by atoms with van der Waals surface area (Å²) in [5.74, 6) is 0. The molecule has 0 atom stereocenters. The number of rotatable bonds is 2. The average Bonchev–Trinajstić information content (AvgIpc) is 1.82. The summed E-state index contributed by atoms with van der Waals surface area (Å²) >= 11 is 0. The van der Waals surface area contributed by atoms with Gasteiger partial charge in [-0.2, -0.15) is 8.42 Å². The van der Waals surface area contributed by atoms with E-state index in [9.17, 15) is 8.42 Å². The lowest BCUT2D eigenvalue weighted by Crippen LogP contribution is -2.21. The van der Waals surface area contributed by atoms with Crippen LogP contribution in [0.1, 0.15) is 5.56 Å². The van der Waals surface area contributed by atoms with E-state index in [1.807, 2.05) is 6.92 Å². The molecular formula is C7H9N2O2S. The molecule has 0 aliphatic rings. The van der Waals surface area contributed by atoms with Crippen LogP contribution in [-0.4, -0.2) is 8.42 Å². The normalized spacial score (nSPS) is 11.2. The summed E-state index contributed by atoms with van der Waals surface area (Å²) in [4.78, 5) is 0. The van der Waals surface area contributed by atoms with E-state index in [0.29, 0.717) is 5.69 Å². The van der Waals surface area contributed by atoms with Crippen LogP contribution < -0.4 is 9.86 Å². The van der Waals surface area contributed by atoms with Crippen molar-refractivity contribution in [2.45, 2.75) is 6.92 Å². The second-order valence-electron chi connectivity index (χ2n) is 2.41. The molecule has 0 saturated heterocycles. The maximum absolute atomic E-state index is 10.6. The van der Waals surface area contributed by atoms with Gasteiger partial charge in [-0.05, 0) is 30.7 Å². The number of benzene rings is 1. The molecule has 0 unspecified atom stereocenters. The second-order valence-corrected chi connectivity index (χ2v) is 3.70. The molecule has 0 fully saturated rings. The third kappa shape index (κ3) is 2.89. The monoisotopic (exact) mass is 185 g/mol. The lowest BCUT2D eigenvalue weighted by molar-refractivity contribution is 0.603. The minimum Gasteiger partial charge on any atom is -0.271 e. The molecule has 4 nitrogen and oxygen atoms in total. The van der Waals surface area contributed by atoms with E-state index in [2.05, 4.69) is 10.8 Å². The van der Waals surface area contributed by atoms with Gasteiger partial charge in [-0.1, -0.05) is 6.07 Å². The van der Waals surface area contributed by atoms with Crippen LogP contribution in [0.3, 0.4) is 0 Å². The van der Waals surface area contributed by atoms with E-state index in [1.165, 1.54) is 0 Å². The molecule has 0 aliphatic carbocycles. The predicted molar refractivity (Wildman–Crippen MR) is 46.7 cm³/mol. The Morgan fingerprint density at radius 2 is 2.25 bits per heavy atom. The standard InChI is InChI=1S/C7H9N2O2S/c1-6-3-2-4-7(5-6)9-12(8,10)11/h2,4-5,9H,1H3,(H2,8,10,11). The quantitative estimate of drug-likeness (QED) is 0.700. The van der Waals surface area contributed by atoms with Crippen LogP contribution in [-0.2, 0) is 10.2 Å². The molecule has 0 aliphatic heterocycles. The molecule has 0 spiro atoms. The molecule has 0 aromatic heterocycles. The Kier molecular flexibility index (Phi) is 2.35. The van der Waals surface area contributed by atoms with Gasteiger partial charge >= 0.3 is 0 Å². The van der Waals surface area contributed by atoms with Gasteiger partial charge < -0.3 is 0 Å². The number of nitrogens with one attached hydrogen (secondary N) is 1. The van der Waals surface area contributed by atoms with Gasteiger partial charge in [-0.25, -0.2) is 5.14 Å². The van der Waals surface area contributed by atoms with Crippen molar-refractivity contribution in [2.75, 3.05) is 4.72 Å². The van der Waals surface area contributed by atoms with Crippen LogP contribution in [0, 0.1) is 13.0 Å². The zero-order valence-corrected chi connectivity index (χ0v) is 7.35. The van der Waals surface area contributed by atoms with Crippen molar-refractivity contribution >= 4 is 15.9 Å². The van der Waals surface area contributed by atoms with Crippen LogP contribution >= 0.6 is 0 Å². The van der Waals surface area contributed by atoms with Crippen molar-refractivity contribution in [1.82, 2.24) is 0 Å². The van der Waals surface area contributed by atoms with Crippen LogP contribution in [0.2, 0.25) is 0 Å². The fraction of sp³-hybridized carbons (Fsp3) is 0.143. The van der Waals surface area contributed by atoms with Crippen LogP contribution in [0.15, 0.2) is 18.2 Å². The summed E-state index contributed by atoms with van der Waals surface area (Å²) in [5.41, 5.74) is 1.30. The molecule has 5 heteroatoms. The van der Waals surface area contributed by atoms with E-state index in [1.54, 1.807) is 18.2 Å². The van der Waals surface area contributed by atoms with Crippen LogP contribution in [0.5, 0.6) is 0 Å². The lowest BCUT2D eigenvalue weighted by Gasteiger charge is -2.02. The van der Waals surface area contributed by atoms with Gasteiger partial charge in [-0.3, -0.25) is 4.72 Å². The van der Waals surface area contributed by atoms with Crippen molar-refractivity contribution in [1.29, 1.82) is 0 Å². The van der Waals surface area contributed by atoms with Crippen molar-refractivity contribution in [2.24, 2.45) is 5.14 Å². The summed E-state index contributed by atoms with van der Waals surface area (Å²) in [7, 11) is -3.66. The Morgan fingerprint density at radius 1 is 1.58 bits per heavy atom. The van der Waals surface area contributed by atoms with E-state index < -0.39 is 10.2 Å². The van der Waals surface area contributed by atoms with Gasteiger partial charge in [-0.15, -0.1) is 0 Å². The van der Waals surface area contributed by atoms with Crippen molar-refractivity contribution < 1.29 is 8.42 Å². The largest absolute Gasteiger partial charge is 0.296 e. The topological polar surface area (TPSA) is 72.2 Å². The van der Waals surface area contributed by atoms with E-state index in [-0.39, 0.29) is 0 Å². The molecule has 12 heavy (non-hydrogen) atoms. The predicted octanol–water partition coefficient (Wildman–Crippen LogP) is 0.411. The second kappa shape index (κ2) is 3.12. The van der Waals surface area contributed by atoms with Gasteiger partial charge in [0.15, 0.2) is 0 Å². The first kappa shape index (κ1) is 9.02. The smallest absolute Gasteiger partial charge is 0.271 e. The SMILES string of the molecule is Cc1[c]ccc(NS(N)(=O)=O)c1. The van der Waals surface area contributed by atoms with E-state index in [4.69, 9.17) is 5.14 Å². The maximum atomic E-state index is 10.6. The Hall–Kier alpha value is -1.07. The van der Waals surface area contributed by atoms with Crippen molar-refractivity contribution in [3.05, 3.63) is 29.8 Å². The van der Waals surface area contributed by atoms with Gasteiger partial charge in [0.05, 0.1) is 5.69 Å². The molecule has 1 aromatic rings. The summed E-state index contributed by atoms with van der Waals surface area (Å²) in [5, 5.41) is 4.77. The van der Waals surface area contributed by atoms with E-state index >= 15 is 0 Å². The first-order valence-electron chi connectivity index (χ1n) is 3.26. The Bertz CT molecular complexity index is 373. The van der Waals surface area contributed by atoms with Gasteiger partial charge in [0.25, 0.3) is 10.2 Å². The van der Waals surface area contributed by atoms with E-state index in [0.717, 1.165) is 5.56 Å². The molecule has 0 heterocycles. The number of nitrogens with two attached hydrogens (primary N) is 1. The molecule has 0 bridgehead atoms. The maximum Gasteiger partial charge on any atom is 0.296 e. The highest BCUT2D eigenvalue weighted by Gasteiger charge is 2.00. The minimum atomic E-state index is -3.66. The van der Waals surface area contributed by atoms with Gasteiger partial charge in [0.1, 0.15) is 0 Å². The fourth-order valence-electron chi connectivity index (χ4n) is 0.814. The lowest BCUT2D eigenvalue weighted by atomic mass is 10.2. The summed E-state index contributed by atoms with van der Waals surface area (Å²) in [6, 6.07) is 7.73. The number of hydrogen-bond acceptors (Lipinski definition) is 2. The molecule has 3 N–H and O–H groups in total. The Balaban J connectivity index is 2.91. The minimum absolute atomic E-state index is 0.453. The van der Waals surface area contributed by atoms with Crippen LogP contribution in [0.4, 0.5) is 5.69 Å². The molecule has 65 valence electrons. The Morgan fingerprint density at radius 3 is 2.75 bits per heavy atom. The molecule has 0 amide bonds. The summed E-state index contributed by atoms with van der Waals surface area (Å²) < 4.78 is 23.3. The van der Waals surface area contributed by atoms with Crippen molar-refractivity contribution in [3.8, 4) is 0 Å². The summed E-state index contributed by atoms with van der Waals surface area (Å²) in [6.45, 7) is 1.81. The highest BCUT2D eigenvalue weighted by Crippen LogP contribution is 2.09. The third-order valence-electron chi connectivity index (χ3n) is 1.21. The Labute approximate surface area is 71.6 Å². The average molecular weight is 185 g/mol. The molecule has 0 saturated carbocycles. The molecule has 1 radical (unpaired) electrons. The molecular weight excluding hydrogens is 176 g/mol. The number of anilines is 1. The van der Waals surface area contributed by atoms with Gasteiger partial charge in [0.2, 0.25) is 0 Å². The highest BCUT2D eigenvalue weighted by atomic mass is 32.2. The molecule has 1 aromatic carbocycles. The first-order chi connectivity index (χ1) is 5.47. The summed E-state index contributed by atoms with van der Waals surface area (Å²) in [6.07, 6.45) is 0. The highest BCUT2D eigenvalue weighted by molar-refractivity contribution is 7.90. The fourth-order valence-corrected chi connectivity index (χ4v) is 1.27. The molecule has 1 rings (SSSR count). The first-order valence-corrected chi connectivity index (χ1v) is 4.81. The van der Waals surface area contributed by atoms with Crippen molar-refractivity contribution in [3.63, 3.8) is 0 Å². The number of aryl methyl sites for hydroxylation is 1. The zero-order valence-electron chi connectivity index (χ0n) is 6.53. The zero-order chi connectivity index (χ0) is 9.19. The van der Waals surface area contributed by atoms with Crippen LogP contribution in [0.25, 0.3) is 0 Å².